The minimum absolute atomic E-state index is 0.640. The largest absolute Gasteiger partial charge is 0.311 e. The van der Waals surface area contributed by atoms with Gasteiger partial charge >= 0.3 is 0 Å². The molecule has 0 amide bonds. The zero-order valence-corrected chi connectivity index (χ0v) is 12.9. The number of piperidine rings is 1. The van der Waals surface area contributed by atoms with Crippen LogP contribution in [0.15, 0.2) is 0 Å². The van der Waals surface area contributed by atoms with Crippen molar-refractivity contribution in [3.63, 3.8) is 0 Å². The fraction of sp³-hybridized carbons (Fsp3) is 1.00. The molecule has 1 rings (SSSR count). The Hall–Kier alpha value is 0.270. The lowest BCUT2D eigenvalue weighted by molar-refractivity contribution is 0.148. The molecule has 1 heterocycles. The van der Waals surface area contributed by atoms with Crippen LogP contribution in [0.25, 0.3) is 0 Å². The van der Waals surface area contributed by atoms with Crippen molar-refractivity contribution in [1.29, 1.82) is 0 Å². The molecule has 2 nitrogen and oxygen atoms in total. The standard InChI is InChI=1S/C14H30N2S/c1-5-8-16-9-6-7-14(10-16)13(3)15-12(2)11-17-4/h12-15H,5-11H2,1-4H3. The van der Waals surface area contributed by atoms with E-state index >= 15 is 0 Å². The zero-order chi connectivity index (χ0) is 12.7. The molecule has 3 heteroatoms. The summed E-state index contributed by atoms with van der Waals surface area (Å²) in [4.78, 5) is 2.64. The third-order valence-corrected chi connectivity index (χ3v) is 4.59. The first kappa shape index (κ1) is 15.3. The molecule has 1 saturated heterocycles. The van der Waals surface area contributed by atoms with Crippen LogP contribution in [0.4, 0.5) is 0 Å². The smallest absolute Gasteiger partial charge is 0.0132 e. The molecule has 3 atom stereocenters. The van der Waals surface area contributed by atoms with Gasteiger partial charge in [0.1, 0.15) is 0 Å². The first-order chi connectivity index (χ1) is 8.17. The highest BCUT2D eigenvalue weighted by atomic mass is 32.2. The Balaban J connectivity index is 2.32. The summed E-state index contributed by atoms with van der Waals surface area (Å²) in [6.45, 7) is 10.9. The van der Waals surface area contributed by atoms with E-state index in [4.69, 9.17) is 0 Å². The molecule has 0 radical (unpaired) electrons. The van der Waals surface area contributed by atoms with E-state index in [0.29, 0.717) is 12.1 Å². The summed E-state index contributed by atoms with van der Waals surface area (Å²) in [6, 6.07) is 1.30. The molecule has 102 valence electrons. The first-order valence-electron chi connectivity index (χ1n) is 7.14. The zero-order valence-electron chi connectivity index (χ0n) is 12.0. The Morgan fingerprint density at radius 3 is 2.82 bits per heavy atom. The van der Waals surface area contributed by atoms with Gasteiger partial charge in [0.05, 0.1) is 0 Å². The van der Waals surface area contributed by atoms with Gasteiger partial charge in [0, 0.05) is 24.4 Å². The minimum Gasteiger partial charge on any atom is -0.311 e. The van der Waals surface area contributed by atoms with Crippen molar-refractivity contribution in [3.8, 4) is 0 Å². The van der Waals surface area contributed by atoms with Crippen molar-refractivity contribution in [2.75, 3.05) is 31.6 Å². The normalized spacial score (nSPS) is 25.8. The van der Waals surface area contributed by atoms with Crippen LogP contribution in [0.3, 0.4) is 0 Å². The van der Waals surface area contributed by atoms with Crippen LogP contribution in [-0.2, 0) is 0 Å². The summed E-state index contributed by atoms with van der Waals surface area (Å²) in [7, 11) is 0. The van der Waals surface area contributed by atoms with Crippen molar-refractivity contribution in [3.05, 3.63) is 0 Å². The second kappa shape index (κ2) is 8.39. The average Bonchev–Trinajstić information content (AvgIpc) is 2.30. The lowest BCUT2D eigenvalue weighted by Gasteiger charge is -2.37. The Kier molecular flexibility index (Phi) is 7.56. The molecular formula is C14H30N2S. The average molecular weight is 258 g/mol. The molecule has 1 aliphatic heterocycles. The van der Waals surface area contributed by atoms with Crippen LogP contribution >= 0.6 is 11.8 Å². The van der Waals surface area contributed by atoms with Gasteiger partial charge in [-0.05, 0) is 58.4 Å². The van der Waals surface area contributed by atoms with Crippen molar-refractivity contribution < 1.29 is 0 Å². The molecule has 0 bridgehead atoms. The van der Waals surface area contributed by atoms with Crippen LogP contribution in [0.1, 0.15) is 40.0 Å². The van der Waals surface area contributed by atoms with Gasteiger partial charge in [0.25, 0.3) is 0 Å². The third kappa shape index (κ3) is 5.62. The van der Waals surface area contributed by atoms with Crippen LogP contribution in [-0.4, -0.2) is 48.6 Å². The molecule has 3 unspecified atom stereocenters. The van der Waals surface area contributed by atoms with Gasteiger partial charge < -0.3 is 10.2 Å². The summed E-state index contributed by atoms with van der Waals surface area (Å²) < 4.78 is 0. The van der Waals surface area contributed by atoms with Crippen molar-refractivity contribution >= 4 is 11.8 Å². The van der Waals surface area contributed by atoms with Crippen molar-refractivity contribution in [1.82, 2.24) is 10.2 Å². The summed E-state index contributed by atoms with van der Waals surface area (Å²) in [5.41, 5.74) is 0. The molecule has 1 aliphatic rings. The molecule has 0 saturated carbocycles. The number of hydrogen-bond acceptors (Lipinski definition) is 3. The van der Waals surface area contributed by atoms with Gasteiger partial charge in [-0.1, -0.05) is 6.92 Å². The van der Waals surface area contributed by atoms with Crippen LogP contribution in [0.5, 0.6) is 0 Å². The highest BCUT2D eigenvalue weighted by Crippen LogP contribution is 2.20. The maximum Gasteiger partial charge on any atom is 0.0132 e. The number of rotatable bonds is 7. The van der Waals surface area contributed by atoms with Gasteiger partial charge in [-0.3, -0.25) is 0 Å². The Bertz CT molecular complexity index is 197. The number of hydrogen-bond donors (Lipinski definition) is 1. The maximum absolute atomic E-state index is 3.77. The predicted octanol–water partition coefficient (Wildman–Crippen LogP) is 2.84. The molecule has 17 heavy (non-hydrogen) atoms. The van der Waals surface area contributed by atoms with Gasteiger partial charge in [-0.2, -0.15) is 11.8 Å². The summed E-state index contributed by atoms with van der Waals surface area (Å²) in [6.07, 6.45) is 6.26. The molecule has 1 N–H and O–H groups in total. The second-order valence-electron chi connectivity index (χ2n) is 5.51. The lowest BCUT2D eigenvalue weighted by Crippen LogP contribution is -2.47. The van der Waals surface area contributed by atoms with E-state index in [0.717, 1.165) is 5.92 Å². The third-order valence-electron chi connectivity index (χ3n) is 3.75. The first-order valence-corrected chi connectivity index (χ1v) is 8.54. The maximum atomic E-state index is 3.77. The monoisotopic (exact) mass is 258 g/mol. The van der Waals surface area contributed by atoms with E-state index in [-0.39, 0.29) is 0 Å². The van der Waals surface area contributed by atoms with Gasteiger partial charge in [-0.25, -0.2) is 0 Å². The summed E-state index contributed by atoms with van der Waals surface area (Å²) in [5.74, 6) is 2.06. The van der Waals surface area contributed by atoms with Crippen LogP contribution < -0.4 is 5.32 Å². The van der Waals surface area contributed by atoms with Gasteiger partial charge in [-0.15, -0.1) is 0 Å². The molecule has 0 spiro atoms. The number of likely N-dealkylation sites (tertiary alicyclic amines) is 1. The highest BCUT2D eigenvalue weighted by Gasteiger charge is 2.24. The van der Waals surface area contributed by atoms with Gasteiger partial charge in [0.2, 0.25) is 0 Å². The van der Waals surface area contributed by atoms with Crippen LogP contribution in [0.2, 0.25) is 0 Å². The topological polar surface area (TPSA) is 15.3 Å². The molecule has 0 aromatic rings. The minimum atomic E-state index is 0.640. The lowest BCUT2D eigenvalue weighted by atomic mass is 9.91. The Morgan fingerprint density at radius 2 is 2.18 bits per heavy atom. The number of nitrogens with zero attached hydrogens (tertiary/aromatic N) is 1. The molecule has 0 aliphatic carbocycles. The van der Waals surface area contributed by atoms with E-state index in [1.165, 1.54) is 44.6 Å². The van der Waals surface area contributed by atoms with Crippen LogP contribution in [0, 0.1) is 5.92 Å². The van der Waals surface area contributed by atoms with E-state index < -0.39 is 0 Å². The van der Waals surface area contributed by atoms with E-state index in [2.05, 4.69) is 37.2 Å². The van der Waals surface area contributed by atoms with E-state index in [9.17, 15) is 0 Å². The molecule has 1 fully saturated rings. The highest BCUT2D eigenvalue weighted by molar-refractivity contribution is 7.98. The van der Waals surface area contributed by atoms with E-state index in [1.807, 2.05) is 11.8 Å². The predicted molar refractivity (Wildman–Crippen MR) is 79.9 cm³/mol. The molecule has 0 aromatic carbocycles. The fourth-order valence-corrected chi connectivity index (χ4v) is 3.50. The van der Waals surface area contributed by atoms with Crippen molar-refractivity contribution in [2.24, 2.45) is 5.92 Å². The number of nitrogens with one attached hydrogen (secondary N) is 1. The van der Waals surface area contributed by atoms with E-state index in [1.54, 1.807) is 0 Å². The Morgan fingerprint density at radius 1 is 1.41 bits per heavy atom. The van der Waals surface area contributed by atoms with Crippen molar-refractivity contribution in [2.45, 2.75) is 52.1 Å². The summed E-state index contributed by atoms with van der Waals surface area (Å²) >= 11 is 1.93. The Labute approximate surface area is 112 Å². The van der Waals surface area contributed by atoms with Gasteiger partial charge in [0.15, 0.2) is 0 Å². The molecule has 0 aromatic heterocycles. The summed E-state index contributed by atoms with van der Waals surface area (Å²) in [5, 5.41) is 3.77. The SMILES string of the molecule is CCCN1CCCC(C(C)NC(C)CSC)C1. The second-order valence-corrected chi connectivity index (χ2v) is 6.43. The quantitative estimate of drug-likeness (QED) is 0.756. The molecular weight excluding hydrogens is 228 g/mol. The number of thioether (sulfide) groups is 1. The fourth-order valence-electron chi connectivity index (χ4n) is 2.90.